The van der Waals surface area contributed by atoms with Crippen molar-refractivity contribution in [3.05, 3.63) is 60.2 Å². The molecular weight excluding hydrogens is 296 g/mol. The number of carbonyl (C=O) groups excluding carboxylic acids is 1. The van der Waals surface area contributed by atoms with Crippen LogP contribution >= 0.6 is 12.4 Å². The molecule has 0 aliphatic carbocycles. The van der Waals surface area contributed by atoms with Crippen LogP contribution in [0, 0.1) is 0 Å². The predicted octanol–water partition coefficient (Wildman–Crippen LogP) is 3.69. The van der Waals surface area contributed by atoms with Crippen LogP contribution in [0.25, 0.3) is 11.1 Å². The van der Waals surface area contributed by atoms with Gasteiger partial charge in [-0.25, -0.2) is 0 Å². The molecule has 0 saturated heterocycles. The molecule has 0 heterocycles. The summed E-state index contributed by atoms with van der Waals surface area (Å²) in [7, 11) is 0. The first-order valence-electron chi connectivity index (χ1n) is 7.35. The van der Waals surface area contributed by atoms with Crippen LogP contribution in [0.5, 0.6) is 0 Å². The van der Waals surface area contributed by atoms with Gasteiger partial charge in [0.15, 0.2) is 0 Å². The molecular formula is C18H23ClN2O. The van der Waals surface area contributed by atoms with Crippen LogP contribution < -0.4 is 11.1 Å². The van der Waals surface area contributed by atoms with Gasteiger partial charge in [0.05, 0.1) is 6.04 Å². The minimum atomic E-state index is 0. The van der Waals surface area contributed by atoms with E-state index in [-0.39, 0.29) is 24.4 Å². The van der Waals surface area contributed by atoms with Crippen LogP contribution in [0.4, 0.5) is 0 Å². The summed E-state index contributed by atoms with van der Waals surface area (Å²) in [5.74, 6) is 0.0556. The maximum Gasteiger partial charge on any atom is 0.220 e. The van der Waals surface area contributed by atoms with Crippen molar-refractivity contribution >= 4 is 18.3 Å². The standard InChI is InChI=1S/C18H22N2O.ClH/c1-14(20-18(21)8-5-13-19)15-9-11-17(12-10-15)16-6-3-2-4-7-16;/h2-4,6-7,9-12,14H,5,8,13,19H2,1H3,(H,20,21);1H. The summed E-state index contributed by atoms with van der Waals surface area (Å²) in [5.41, 5.74) is 8.90. The van der Waals surface area contributed by atoms with E-state index in [0.717, 1.165) is 12.0 Å². The van der Waals surface area contributed by atoms with Crippen LogP contribution in [0.15, 0.2) is 54.6 Å². The van der Waals surface area contributed by atoms with Gasteiger partial charge in [-0.2, -0.15) is 0 Å². The molecule has 1 atom stereocenters. The van der Waals surface area contributed by atoms with Gasteiger partial charge in [-0.3, -0.25) is 4.79 Å². The maximum atomic E-state index is 11.7. The van der Waals surface area contributed by atoms with E-state index in [1.54, 1.807) is 0 Å². The highest BCUT2D eigenvalue weighted by Crippen LogP contribution is 2.21. The van der Waals surface area contributed by atoms with Crippen molar-refractivity contribution in [3.63, 3.8) is 0 Å². The highest BCUT2D eigenvalue weighted by molar-refractivity contribution is 5.85. The molecule has 2 aromatic rings. The first kappa shape index (κ1) is 18.2. The Balaban J connectivity index is 0.00000242. The third kappa shape index (κ3) is 5.17. The second-order valence-electron chi connectivity index (χ2n) is 5.17. The van der Waals surface area contributed by atoms with Crippen molar-refractivity contribution in [2.75, 3.05) is 6.54 Å². The van der Waals surface area contributed by atoms with Gasteiger partial charge in [-0.05, 0) is 36.6 Å². The number of hydrogen-bond donors (Lipinski definition) is 2. The molecule has 1 unspecified atom stereocenters. The zero-order valence-corrected chi connectivity index (χ0v) is 13.6. The Morgan fingerprint density at radius 2 is 1.64 bits per heavy atom. The molecule has 1 amide bonds. The van der Waals surface area contributed by atoms with Crippen molar-refractivity contribution in [2.45, 2.75) is 25.8 Å². The Kier molecular flexibility index (Phi) is 7.64. The van der Waals surface area contributed by atoms with Gasteiger partial charge < -0.3 is 11.1 Å². The Morgan fingerprint density at radius 3 is 2.23 bits per heavy atom. The van der Waals surface area contributed by atoms with E-state index in [1.165, 1.54) is 11.1 Å². The second kappa shape index (κ2) is 9.23. The molecule has 2 aromatic carbocycles. The third-order valence-corrected chi connectivity index (χ3v) is 3.50. The molecule has 4 heteroatoms. The van der Waals surface area contributed by atoms with E-state index in [4.69, 9.17) is 5.73 Å². The van der Waals surface area contributed by atoms with E-state index >= 15 is 0 Å². The quantitative estimate of drug-likeness (QED) is 0.853. The van der Waals surface area contributed by atoms with E-state index in [2.05, 4.69) is 41.7 Å². The van der Waals surface area contributed by atoms with Crippen molar-refractivity contribution < 1.29 is 4.79 Å². The van der Waals surface area contributed by atoms with Crippen LogP contribution in [0.2, 0.25) is 0 Å². The number of amides is 1. The molecule has 0 bridgehead atoms. The molecule has 3 N–H and O–H groups in total. The maximum absolute atomic E-state index is 11.7. The third-order valence-electron chi connectivity index (χ3n) is 3.50. The number of rotatable bonds is 6. The summed E-state index contributed by atoms with van der Waals surface area (Å²) >= 11 is 0. The fourth-order valence-corrected chi connectivity index (χ4v) is 2.25. The number of halogens is 1. The van der Waals surface area contributed by atoms with Crippen LogP contribution in [0.1, 0.15) is 31.4 Å². The lowest BCUT2D eigenvalue weighted by molar-refractivity contribution is -0.121. The topological polar surface area (TPSA) is 55.1 Å². The molecule has 0 fully saturated rings. The summed E-state index contributed by atoms with van der Waals surface area (Å²) in [5, 5.41) is 3.00. The lowest BCUT2D eigenvalue weighted by Crippen LogP contribution is -2.26. The van der Waals surface area contributed by atoms with Gasteiger partial charge in [-0.15, -0.1) is 12.4 Å². The molecule has 0 aliphatic heterocycles. The molecule has 118 valence electrons. The molecule has 22 heavy (non-hydrogen) atoms. The first-order chi connectivity index (χ1) is 10.2. The average Bonchev–Trinajstić information content (AvgIpc) is 2.54. The number of nitrogens with two attached hydrogens (primary N) is 1. The normalized spacial score (nSPS) is 11.4. The summed E-state index contributed by atoms with van der Waals surface area (Å²) in [6.07, 6.45) is 1.22. The zero-order valence-electron chi connectivity index (χ0n) is 12.8. The fourth-order valence-electron chi connectivity index (χ4n) is 2.25. The highest BCUT2D eigenvalue weighted by atomic mass is 35.5. The molecule has 3 nitrogen and oxygen atoms in total. The molecule has 0 radical (unpaired) electrons. The SMILES string of the molecule is CC(NC(=O)CCCN)c1ccc(-c2ccccc2)cc1.Cl. The Hall–Kier alpha value is -1.84. The molecule has 2 rings (SSSR count). The van der Waals surface area contributed by atoms with Crippen LogP contribution in [-0.2, 0) is 4.79 Å². The molecule has 0 aromatic heterocycles. The van der Waals surface area contributed by atoms with Gasteiger partial charge in [0.2, 0.25) is 5.91 Å². The van der Waals surface area contributed by atoms with E-state index in [0.29, 0.717) is 13.0 Å². The summed E-state index contributed by atoms with van der Waals surface area (Å²) in [6.45, 7) is 2.55. The highest BCUT2D eigenvalue weighted by Gasteiger charge is 2.09. The van der Waals surface area contributed by atoms with Crippen molar-refractivity contribution in [2.24, 2.45) is 5.73 Å². The van der Waals surface area contributed by atoms with Crippen LogP contribution in [0.3, 0.4) is 0 Å². The van der Waals surface area contributed by atoms with Gasteiger partial charge in [-0.1, -0.05) is 54.6 Å². The van der Waals surface area contributed by atoms with Gasteiger partial charge in [0, 0.05) is 6.42 Å². The molecule has 0 saturated carbocycles. The van der Waals surface area contributed by atoms with E-state index in [9.17, 15) is 4.79 Å². The minimum absolute atomic E-state index is 0. The Bertz CT molecular complexity index is 569. The summed E-state index contributed by atoms with van der Waals surface area (Å²) in [4.78, 5) is 11.7. The summed E-state index contributed by atoms with van der Waals surface area (Å²) < 4.78 is 0. The first-order valence-corrected chi connectivity index (χ1v) is 7.35. The fraction of sp³-hybridized carbons (Fsp3) is 0.278. The second-order valence-corrected chi connectivity index (χ2v) is 5.17. The van der Waals surface area contributed by atoms with Crippen LogP contribution in [-0.4, -0.2) is 12.5 Å². The van der Waals surface area contributed by atoms with E-state index in [1.807, 2.05) is 25.1 Å². The average molecular weight is 319 g/mol. The number of benzene rings is 2. The number of carbonyl (C=O) groups is 1. The van der Waals surface area contributed by atoms with Crippen molar-refractivity contribution in [3.8, 4) is 11.1 Å². The predicted molar refractivity (Wildman–Crippen MR) is 94.0 cm³/mol. The van der Waals surface area contributed by atoms with Crippen molar-refractivity contribution in [1.82, 2.24) is 5.32 Å². The van der Waals surface area contributed by atoms with E-state index < -0.39 is 0 Å². The smallest absolute Gasteiger partial charge is 0.220 e. The number of hydrogen-bond acceptors (Lipinski definition) is 2. The van der Waals surface area contributed by atoms with Crippen molar-refractivity contribution in [1.29, 1.82) is 0 Å². The minimum Gasteiger partial charge on any atom is -0.350 e. The lowest BCUT2D eigenvalue weighted by atomic mass is 10.0. The van der Waals surface area contributed by atoms with Gasteiger partial charge >= 0.3 is 0 Å². The lowest BCUT2D eigenvalue weighted by Gasteiger charge is -2.15. The Morgan fingerprint density at radius 1 is 1.05 bits per heavy atom. The number of nitrogens with one attached hydrogen (secondary N) is 1. The molecule has 0 aliphatic rings. The Labute approximate surface area is 138 Å². The zero-order chi connectivity index (χ0) is 15.1. The van der Waals surface area contributed by atoms with Gasteiger partial charge in [0.25, 0.3) is 0 Å². The monoisotopic (exact) mass is 318 g/mol. The largest absolute Gasteiger partial charge is 0.350 e. The summed E-state index contributed by atoms with van der Waals surface area (Å²) in [6, 6.07) is 18.6. The molecule has 0 spiro atoms. The van der Waals surface area contributed by atoms with Gasteiger partial charge in [0.1, 0.15) is 0 Å².